The number of hydrogen-bond acceptors (Lipinski definition) is 5. The molecule has 7 aromatic carbocycles. The summed E-state index contributed by atoms with van der Waals surface area (Å²) in [6.45, 7) is 13.5. The lowest BCUT2D eigenvalue weighted by Gasteiger charge is -2.24. The van der Waals surface area contributed by atoms with Crippen LogP contribution in [0.3, 0.4) is 0 Å². The fraction of sp³-hybridized carbons (Fsp3) is 0.157. The van der Waals surface area contributed by atoms with E-state index in [1.807, 2.05) is 48.5 Å². The van der Waals surface area contributed by atoms with Crippen molar-refractivity contribution in [3.05, 3.63) is 163 Å². The van der Waals surface area contributed by atoms with Crippen LogP contribution in [0.1, 0.15) is 52.7 Å². The van der Waals surface area contributed by atoms with Crippen molar-refractivity contribution in [1.29, 1.82) is 0 Å². The lowest BCUT2D eigenvalue weighted by Crippen LogP contribution is -2.12. The van der Waals surface area contributed by atoms with Crippen LogP contribution in [0.15, 0.2) is 156 Å². The highest BCUT2D eigenvalue weighted by molar-refractivity contribution is 6.10. The summed E-state index contributed by atoms with van der Waals surface area (Å²) >= 11 is 0. The second kappa shape index (κ2) is 13.7. The number of hydrogen-bond donors (Lipinski definition) is 2. The Morgan fingerprint density at radius 2 is 1.30 bits per heavy atom. The Morgan fingerprint density at radius 3 is 2.09 bits per heavy atom. The van der Waals surface area contributed by atoms with Gasteiger partial charge in [-0.05, 0) is 94.3 Å². The number of nitrogens with zero attached hydrogens (tertiary/aromatic N) is 2. The van der Waals surface area contributed by atoms with Gasteiger partial charge < -0.3 is 20.2 Å². The summed E-state index contributed by atoms with van der Waals surface area (Å²) in [4.78, 5) is 5.35. The van der Waals surface area contributed by atoms with Crippen LogP contribution >= 0.6 is 0 Å². The maximum atomic E-state index is 6.93. The number of furan rings is 1. The summed E-state index contributed by atoms with van der Waals surface area (Å²) in [6, 6.07) is 52.2. The fourth-order valence-electron chi connectivity index (χ4n) is 7.57. The highest BCUT2D eigenvalue weighted by Crippen LogP contribution is 2.43. The van der Waals surface area contributed by atoms with Crippen molar-refractivity contribution in [3.63, 3.8) is 0 Å². The van der Waals surface area contributed by atoms with Gasteiger partial charge in [0.1, 0.15) is 22.9 Å². The molecule has 0 bridgehead atoms. The summed E-state index contributed by atoms with van der Waals surface area (Å²) in [6.07, 6.45) is 0. The second-order valence-corrected chi connectivity index (χ2v) is 16.9. The number of anilines is 3. The third-order valence-electron chi connectivity index (χ3n) is 10.7. The summed E-state index contributed by atoms with van der Waals surface area (Å²) in [5.41, 5.74) is 18.6. The molecule has 9 rings (SSSR count). The van der Waals surface area contributed by atoms with Gasteiger partial charge in [-0.15, -0.1) is 0 Å². The Balaban J connectivity index is 1.23. The Morgan fingerprint density at radius 1 is 0.596 bits per heavy atom. The van der Waals surface area contributed by atoms with Crippen LogP contribution in [0.5, 0.6) is 11.5 Å². The first kappa shape index (κ1) is 35.9. The number of fused-ring (bicyclic) bond motifs is 4. The number of ether oxygens (including phenoxy) is 1. The third kappa shape index (κ3) is 6.78. The maximum absolute atomic E-state index is 6.93. The van der Waals surface area contributed by atoms with Gasteiger partial charge in [0, 0.05) is 28.0 Å². The molecule has 3 N–H and O–H groups in total. The molecular formula is C51H46N4O2. The number of aromatic nitrogens is 2. The molecule has 282 valence electrons. The van der Waals surface area contributed by atoms with Gasteiger partial charge >= 0.3 is 0 Å². The van der Waals surface area contributed by atoms with Crippen LogP contribution in [-0.4, -0.2) is 9.55 Å². The predicted octanol–water partition coefficient (Wildman–Crippen LogP) is 14.0. The Hall–Kier alpha value is -6.79. The van der Waals surface area contributed by atoms with Gasteiger partial charge in [0.25, 0.3) is 0 Å². The van der Waals surface area contributed by atoms with Gasteiger partial charge in [-0.2, -0.15) is 0 Å². The number of rotatable bonds is 7. The quantitative estimate of drug-likeness (QED) is 0.159. The van der Waals surface area contributed by atoms with Gasteiger partial charge in [0.05, 0.1) is 33.8 Å². The van der Waals surface area contributed by atoms with E-state index in [-0.39, 0.29) is 10.8 Å². The maximum Gasteiger partial charge on any atom is 0.159 e. The molecule has 0 radical (unpaired) electrons. The van der Waals surface area contributed by atoms with Crippen LogP contribution in [0.4, 0.5) is 17.1 Å². The van der Waals surface area contributed by atoms with Crippen LogP contribution in [0.2, 0.25) is 0 Å². The van der Waals surface area contributed by atoms with Crippen LogP contribution in [0, 0.1) is 0 Å². The van der Waals surface area contributed by atoms with E-state index < -0.39 is 0 Å². The zero-order valence-corrected chi connectivity index (χ0v) is 33.2. The number of para-hydroxylation sites is 5. The standard InChI is InChI=1S/C51H46N4O2/c1-50(2,3)34-24-25-45(39(29-34)32-16-8-7-9-17-32)55-46-22-14-13-21-43(46)54-49(55)33-26-35(51(4,5)6)28-36(27-33)56-37-30-40-38-18-10-15-23-47(38)57-48(40)44(31-37)53-42-20-12-11-19-41(42)52/h7-31,53H,52H2,1-6H3. The molecule has 0 unspecified atom stereocenters. The lowest BCUT2D eigenvalue weighted by molar-refractivity contribution is 0.479. The molecule has 2 aromatic heterocycles. The fourth-order valence-corrected chi connectivity index (χ4v) is 7.57. The van der Waals surface area contributed by atoms with Gasteiger partial charge in [0.15, 0.2) is 5.58 Å². The average Bonchev–Trinajstić information content (AvgIpc) is 3.77. The molecular weight excluding hydrogens is 701 g/mol. The monoisotopic (exact) mass is 746 g/mol. The number of benzene rings is 7. The van der Waals surface area contributed by atoms with E-state index in [1.54, 1.807) is 0 Å². The Bertz CT molecular complexity index is 2940. The van der Waals surface area contributed by atoms with Crippen molar-refractivity contribution < 1.29 is 9.15 Å². The first-order valence-corrected chi connectivity index (χ1v) is 19.5. The van der Waals surface area contributed by atoms with E-state index in [9.17, 15) is 0 Å². The summed E-state index contributed by atoms with van der Waals surface area (Å²) in [5.74, 6) is 2.21. The van der Waals surface area contributed by atoms with Gasteiger partial charge in [-0.1, -0.05) is 120 Å². The zero-order chi connectivity index (χ0) is 39.5. The molecule has 0 saturated heterocycles. The number of imidazole rings is 1. The molecule has 6 nitrogen and oxygen atoms in total. The van der Waals surface area contributed by atoms with Crippen molar-refractivity contribution in [2.24, 2.45) is 0 Å². The molecule has 0 amide bonds. The van der Waals surface area contributed by atoms with Crippen molar-refractivity contribution >= 4 is 50.0 Å². The first-order valence-electron chi connectivity index (χ1n) is 19.5. The molecule has 0 aliphatic rings. The highest BCUT2D eigenvalue weighted by atomic mass is 16.5. The normalized spacial score (nSPS) is 12.1. The van der Waals surface area contributed by atoms with Crippen LogP contribution in [0.25, 0.3) is 61.2 Å². The number of nitrogen functional groups attached to an aromatic ring is 1. The van der Waals surface area contributed by atoms with E-state index >= 15 is 0 Å². The largest absolute Gasteiger partial charge is 0.457 e. The van der Waals surface area contributed by atoms with E-state index in [0.29, 0.717) is 17.2 Å². The molecule has 57 heavy (non-hydrogen) atoms. The summed E-state index contributed by atoms with van der Waals surface area (Å²) in [5, 5.41) is 5.49. The molecule has 0 atom stereocenters. The minimum Gasteiger partial charge on any atom is -0.457 e. The summed E-state index contributed by atoms with van der Waals surface area (Å²) < 4.78 is 15.7. The number of nitrogens with two attached hydrogens (primary N) is 1. The molecule has 2 heterocycles. The van der Waals surface area contributed by atoms with E-state index in [1.165, 1.54) is 5.56 Å². The van der Waals surface area contributed by atoms with Crippen molar-refractivity contribution in [1.82, 2.24) is 9.55 Å². The van der Waals surface area contributed by atoms with Crippen molar-refractivity contribution in [2.45, 2.75) is 52.4 Å². The Labute approximate surface area is 333 Å². The molecule has 0 fully saturated rings. The molecule has 0 spiro atoms. The number of nitrogens with one attached hydrogen (secondary N) is 1. The molecule has 0 aliphatic heterocycles. The zero-order valence-electron chi connectivity index (χ0n) is 33.2. The SMILES string of the molecule is CC(C)(C)c1cc(Oc2cc(Nc3ccccc3N)c3oc4ccccc4c3c2)cc(-c2nc3ccccc3n2-c2ccc(C(C)(C)C)cc2-c2ccccc2)c1. The topological polar surface area (TPSA) is 78.2 Å². The molecule has 0 saturated carbocycles. The van der Waals surface area contributed by atoms with Gasteiger partial charge in [0.2, 0.25) is 0 Å². The first-order chi connectivity index (χ1) is 27.4. The molecule has 9 aromatic rings. The van der Waals surface area contributed by atoms with E-state index in [2.05, 4.69) is 155 Å². The minimum absolute atomic E-state index is 0.0238. The predicted molar refractivity (Wildman–Crippen MR) is 237 cm³/mol. The average molecular weight is 747 g/mol. The smallest absolute Gasteiger partial charge is 0.159 e. The van der Waals surface area contributed by atoms with Crippen LogP contribution in [-0.2, 0) is 10.8 Å². The van der Waals surface area contributed by atoms with Crippen molar-refractivity contribution in [2.75, 3.05) is 11.1 Å². The minimum atomic E-state index is -0.184. The summed E-state index contributed by atoms with van der Waals surface area (Å²) in [7, 11) is 0. The highest BCUT2D eigenvalue weighted by Gasteiger charge is 2.24. The van der Waals surface area contributed by atoms with Gasteiger partial charge in [-0.25, -0.2) is 4.98 Å². The van der Waals surface area contributed by atoms with Crippen LogP contribution < -0.4 is 15.8 Å². The second-order valence-electron chi connectivity index (χ2n) is 16.9. The molecule has 6 heteroatoms. The molecule has 0 aliphatic carbocycles. The van der Waals surface area contributed by atoms with Gasteiger partial charge in [-0.3, -0.25) is 4.57 Å². The Kier molecular flexibility index (Phi) is 8.66. The van der Waals surface area contributed by atoms with E-state index in [0.717, 1.165) is 78.1 Å². The van der Waals surface area contributed by atoms with Crippen molar-refractivity contribution in [3.8, 4) is 39.7 Å². The third-order valence-corrected chi connectivity index (χ3v) is 10.7. The van der Waals surface area contributed by atoms with E-state index in [4.69, 9.17) is 19.9 Å². The lowest BCUT2D eigenvalue weighted by atomic mass is 9.84.